The van der Waals surface area contributed by atoms with E-state index in [1.54, 1.807) is 6.07 Å². The van der Waals surface area contributed by atoms with Gasteiger partial charge in [-0.1, -0.05) is 0 Å². The van der Waals surface area contributed by atoms with E-state index in [2.05, 4.69) is 9.88 Å². The van der Waals surface area contributed by atoms with E-state index >= 15 is 0 Å². The standard InChI is InChI=1S/C13H17FN2O3/c1-17-12-10(14)2-3-11(15-12)16-6-4-13(5-7-16)18-8-9-19-13/h2-3H,4-9H2,1H3. The molecule has 0 N–H and O–H groups in total. The zero-order valence-electron chi connectivity index (χ0n) is 10.9. The van der Waals surface area contributed by atoms with Crippen molar-refractivity contribution >= 4 is 5.82 Å². The summed E-state index contributed by atoms with van der Waals surface area (Å²) in [5.74, 6) is -0.0832. The predicted octanol–water partition coefficient (Wildman–Crippen LogP) is 1.57. The first-order valence-corrected chi connectivity index (χ1v) is 6.46. The number of nitrogens with zero attached hydrogens (tertiary/aromatic N) is 2. The molecule has 0 atom stereocenters. The lowest BCUT2D eigenvalue weighted by Gasteiger charge is -2.38. The van der Waals surface area contributed by atoms with E-state index in [1.165, 1.54) is 13.2 Å². The summed E-state index contributed by atoms with van der Waals surface area (Å²) < 4.78 is 29.6. The normalized spacial score (nSPS) is 21.9. The Morgan fingerprint density at radius 3 is 2.58 bits per heavy atom. The minimum Gasteiger partial charge on any atom is -0.479 e. The quantitative estimate of drug-likeness (QED) is 0.814. The second kappa shape index (κ2) is 4.94. The first kappa shape index (κ1) is 12.6. The largest absolute Gasteiger partial charge is 0.479 e. The van der Waals surface area contributed by atoms with Gasteiger partial charge in [0.25, 0.3) is 5.88 Å². The molecule has 1 aromatic heterocycles. The highest BCUT2D eigenvalue weighted by Crippen LogP contribution is 2.33. The molecule has 2 saturated heterocycles. The van der Waals surface area contributed by atoms with Gasteiger partial charge in [-0.25, -0.2) is 4.39 Å². The number of methoxy groups -OCH3 is 1. The number of ether oxygens (including phenoxy) is 3. The highest BCUT2D eigenvalue weighted by molar-refractivity contribution is 5.41. The molecule has 0 amide bonds. The van der Waals surface area contributed by atoms with Crippen LogP contribution in [-0.4, -0.2) is 44.2 Å². The van der Waals surface area contributed by atoms with Gasteiger partial charge >= 0.3 is 0 Å². The number of piperidine rings is 1. The Kier molecular flexibility index (Phi) is 3.28. The van der Waals surface area contributed by atoms with Crippen molar-refractivity contribution in [2.45, 2.75) is 18.6 Å². The Balaban J connectivity index is 1.71. The van der Waals surface area contributed by atoms with Crippen LogP contribution in [0.25, 0.3) is 0 Å². The topological polar surface area (TPSA) is 43.8 Å². The molecule has 104 valence electrons. The number of anilines is 1. The van der Waals surface area contributed by atoms with Gasteiger partial charge in [0, 0.05) is 25.9 Å². The molecule has 5 nitrogen and oxygen atoms in total. The van der Waals surface area contributed by atoms with Crippen molar-refractivity contribution in [3.63, 3.8) is 0 Å². The van der Waals surface area contributed by atoms with Gasteiger partial charge in [0.1, 0.15) is 5.82 Å². The first-order chi connectivity index (χ1) is 9.22. The third-order valence-electron chi connectivity index (χ3n) is 3.66. The molecule has 1 spiro atoms. The van der Waals surface area contributed by atoms with Crippen LogP contribution in [0.5, 0.6) is 5.88 Å². The van der Waals surface area contributed by atoms with Crippen LogP contribution in [0.4, 0.5) is 10.2 Å². The Bertz CT molecular complexity index is 453. The zero-order chi connectivity index (χ0) is 13.3. The van der Waals surface area contributed by atoms with Crippen LogP contribution in [0, 0.1) is 5.82 Å². The number of pyridine rings is 1. The second-order valence-electron chi connectivity index (χ2n) is 4.76. The molecular weight excluding hydrogens is 251 g/mol. The van der Waals surface area contributed by atoms with Gasteiger partial charge in [-0.3, -0.25) is 0 Å². The summed E-state index contributed by atoms with van der Waals surface area (Å²) in [4.78, 5) is 6.27. The van der Waals surface area contributed by atoms with E-state index in [0.29, 0.717) is 13.2 Å². The Morgan fingerprint density at radius 2 is 1.95 bits per heavy atom. The number of rotatable bonds is 2. The van der Waals surface area contributed by atoms with E-state index < -0.39 is 11.6 Å². The van der Waals surface area contributed by atoms with Gasteiger partial charge in [0.05, 0.1) is 20.3 Å². The van der Waals surface area contributed by atoms with Crippen molar-refractivity contribution in [1.82, 2.24) is 4.98 Å². The molecule has 19 heavy (non-hydrogen) atoms. The molecule has 6 heteroatoms. The van der Waals surface area contributed by atoms with E-state index in [4.69, 9.17) is 14.2 Å². The Hall–Kier alpha value is -1.40. The molecule has 0 saturated carbocycles. The summed E-state index contributed by atoms with van der Waals surface area (Å²) in [5, 5.41) is 0. The summed E-state index contributed by atoms with van der Waals surface area (Å²) in [6.07, 6.45) is 1.60. The predicted molar refractivity (Wildman–Crippen MR) is 66.8 cm³/mol. The smallest absolute Gasteiger partial charge is 0.252 e. The van der Waals surface area contributed by atoms with Gasteiger partial charge in [0.2, 0.25) is 0 Å². The fraction of sp³-hybridized carbons (Fsp3) is 0.615. The van der Waals surface area contributed by atoms with Crippen LogP contribution >= 0.6 is 0 Å². The molecule has 3 rings (SSSR count). The fourth-order valence-corrected chi connectivity index (χ4v) is 2.60. The van der Waals surface area contributed by atoms with E-state index in [-0.39, 0.29) is 5.88 Å². The minimum absolute atomic E-state index is 0.0335. The van der Waals surface area contributed by atoms with Gasteiger partial charge in [-0.05, 0) is 12.1 Å². The van der Waals surface area contributed by atoms with Crippen molar-refractivity contribution < 1.29 is 18.6 Å². The lowest BCUT2D eigenvalue weighted by molar-refractivity contribution is -0.169. The Labute approximate surface area is 111 Å². The third kappa shape index (κ3) is 2.37. The summed E-state index contributed by atoms with van der Waals surface area (Å²) in [5.41, 5.74) is 0. The summed E-state index contributed by atoms with van der Waals surface area (Å²) in [7, 11) is 1.42. The molecule has 0 unspecified atom stereocenters. The van der Waals surface area contributed by atoms with Crippen LogP contribution in [0.2, 0.25) is 0 Å². The second-order valence-corrected chi connectivity index (χ2v) is 4.76. The van der Waals surface area contributed by atoms with Crippen molar-refractivity contribution in [3.05, 3.63) is 17.9 Å². The lowest BCUT2D eigenvalue weighted by atomic mass is 10.0. The summed E-state index contributed by atoms with van der Waals surface area (Å²) in [6, 6.07) is 3.06. The number of aromatic nitrogens is 1. The van der Waals surface area contributed by atoms with Gasteiger partial charge in [-0.2, -0.15) is 4.98 Å². The van der Waals surface area contributed by atoms with Crippen molar-refractivity contribution in [2.24, 2.45) is 0 Å². The maximum atomic E-state index is 13.3. The molecule has 0 aromatic carbocycles. The van der Waals surface area contributed by atoms with Gasteiger partial charge in [-0.15, -0.1) is 0 Å². The Morgan fingerprint density at radius 1 is 1.26 bits per heavy atom. The van der Waals surface area contributed by atoms with Crippen molar-refractivity contribution in [2.75, 3.05) is 38.3 Å². The molecule has 2 fully saturated rings. The van der Waals surface area contributed by atoms with E-state index in [0.717, 1.165) is 31.7 Å². The maximum Gasteiger partial charge on any atom is 0.252 e. The fourth-order valence-electron chi connectivity index (χ4n) is 2.60. The number of halogens is 1. The van der Waals surface area contributed by atoms with Crippen molar-refractivity contribution in [1.29, 1.82) is 0 Å². The average Bonchev–Trinajstić information content (AvgIpc) is 2.89. The van der Waals surface area contributed by atoms with Crippen LogP contribution < -0.4 is 9.64 Å². The molecule has 2 aliphatic rings. The summed E-state index contributed by atoms with van der Waals surface area (Å²) in [6.45, 7) is 2.90. The van der Waals surface area contributed by atoms with Crippen LogP contribution in [-0.2, 0) is 9.47 Å². The summed E-state index contributed by atoms with van der Waals surface area (Å²) >= 11 is 0. The molecule has 1 aromatic rings. The maximum absolute atomic E-state index is 13.3. The minimum atomic E-state index is -0.442. The van der Waals surface area contributed by atoms with Gasteiger partial charge < -0.3 is 19.1 Å². The van der Waals surface area contributed by atoms with Crippen LogP contribution in [0.1, 0.15) is 12.8 Å². The monoisotopic (exact) mass is 268 g/mol. The zero-order valence-corrected chi connectivity index (χ0v) is 10.9. The van der Waals surface area contributed by atoms with Crippen molar-refractivity contribution in [3.8, 4) is 5.88 Å². The molecule has 0 aliphatic carbocycles. The van der Waals surface area contributed by atoms with Crippen LogP contribution in [0.3, 0.4) is 0 Å². The lowest BCUT2D eigenvalue weighted by Crippen LogP contribution is -2.45. The van der Waals surface area contributed by atoms with Crippen LogP contribution in [0.15, 0.2) is 12.1 Å². The number of hydrogen-bond donors (Lipinski definition) is 0. The molecule has 2 aliphatic heterocycles. The molecule has 3 heterocycles. The van der Waals surface area contributed by atoms with E-state index in [9.17, 15) is 4.39 Å². The highest BCUT2D eigenvalue weighted by atomic mass is 19.1. The molecule has 0 bridgehead atoms. The first-order valence-electron chi connectivity index (χ1n) is 6.46. The highest BCUT2D eigenvalue weighted by Gasteiger charge is 2.40. The SMILES string of the molecule is COc1nc(N2CCC3(CC2)OCCO3)ccc1F. The van der Waals surface area contributed by atoms with Gasteiger partial charge in [0.15, 0.2) is 11.6 Å². The third-order valence-corrected chi connectivity index (χ3v) is 3.66. The molecular formula is C13H17FN2O3. The van der Waals surface area contributed by atoms with E-state index in [1.807, 2.05) is 0 Å². The number of hydrogen-bond acceptors (Lipinski definition) is 5. The molecule has 0 radical (unpaired) electrons. The average molecular weight is 268 g/mol.